The molecule has 1 aromatic heterocycles. The highest BCUT2D eigenvalue weighted by Crippen LogP contribution is 2.43. The van der Waals surface area contributed by atoms with E-state index < -0.39 is 5.97 Å². The molecule has 43 heavy (non-hydrogen) atoms. The molecule has 0 radical (unpaired) electrons. The van der Waals surface area contributed by atoms with Crippen LogP contribution in [0.4, 0.5) is 11.6 Å². The summed E-state index contributed by atoms with van der Waals surface area (Å²) in [6.45, 7) is 11.9. The molecule has 0 spiro atoms. The lowest BCUT2D eigenvalue weighted by atomic mass is 9.72. The standard InChI is InChI=1S/C35H40N4O4/c1-6-39(7-2)17-18-42-31-19-26(13-15-28(31)33(40)43-23-24-11-9-8-10-12-24)37-34-36-22-25-21-35(3,4)30-16-14-27(41-5)20-29(30)32(25)38-34/h8-16,19-20,22H,6-7,17-18,21,23H2,1-5H3,(H,36,37,38). The van der Waals surface area contributed by atoms with Crippen molar-refractivity contribution in [3.05, 3.63) is 95.2 Å². The summed E-state index contributed by atoms with van der Waals surface area (Å²) < 4.78 is 17.3. The van der Waals surface area contributed by atoms with Crippen LogP contribution in [0.15, 0.2) is 72.9 Å². The number of benzene rings is 3. The van der Waals surface area contributed by atoms with Crippen LogP contribution in [0.2, 0.25) is 0 Å². The van der Waals surface area contributed by atoms with E-state index in [1.807, 2.05) is 60.8 Å². The van der Waals surface area contributed by atoms with Gasteiger partial charge in [0.15, 0.2) is 0 Å². The Hall–Kier alpha value is -4.43. The highest BCUT2D eigenvalue weighted by Gasteiger charge is 2.32. The van der Waals surface area contributed by atoms with Gasteiger partial charge in [0.05, 0.1) is 12.8 Å². The molecule has 8 nitrogen and oxygen atoms in total. The second-order valence-corrected chi connectivity index (χ2v) is 11.3. The van der Waals surface area contributed by atoms with E-state index in [1.165, 1.54) is 5.56 Å². The molecule has 5 rings (SSSR count). The van der Waals surface area contributed by atoms with Crippen molar-refractivity contribution in [2.24, 2.45) is 0 Å². The maximum absolute atomic E-state index is 13.1. The van der Waals surface area contributed by atoms with Gasteiger partial charge >= 0.3 is 5.97 Å². The minimum Gasteiger partial charge on any atom is -0.497 e. The van der Waals surface area contributed by atoms with E-state index in [2.05, 4.69) is 49.0 Å². The number of hydrogen-bond donors (Lipinski definition) is 1. The van der Waals surface area contributed by atoms with Gasteiger partial charge in [0.25, 0.3) is 0 Å². The number of ether oxygens (including phenoxy) is 3. The first-order chi connectivity index (χ1) is 20.8. The van der Waals surface area contributed by atoms with Crippen LogP contribution in [0.25, 0.3) is 11.3 Å². The molecule has 1 aliphatic rings. The van der Waals surface area contributed by atoms with Crippen LogP contribution in [-0.4, -0.2) is 54.2 Å². The highest BCUT2D eigenvalue weighted by atomic mass is 16.5. The van der Waals surface area contributed by atoms with Crippen LogP contribution in [0.1, 0.15) is 54.7 Å². The van der Waals surface area contributed by atoms with Crippen LogP contribution in [-0.2, 0) is 23.2 Å². The SMILES string of the molecule is CCN(CC)CCOc1cc(Nc2ncc3c(n2)-c2cc(OC)ccc2C(C)(C)C3)ccc1C(=O)OCc1ccccc1. The average Bonchev–Trinajstić information content (AvgIpc) is 3.02. The molecule has 0 fully saturated rings. The van der Waals surface area contributed by atoms with Crippen molar-refractivity contribution in [1.29, 1.82) is 0 Å². The summed E-state index contributed by atoms with van der Waals surface area (Å²) in [7, 11) is 1.67. The number of esters is 1. The number of nitrogens with one attached hydrogen (secondary N) is 1. The van der Waals surface area contributed by atoms with Crippen molar-refractivity contribution in [2.75, 3.05) is 38.7 Å². The Morgan fingerprint density at radius 2 is 1.81 bits per heavy atom. The van der Waals surface area contributed by atoms with Gasteiger partial charge < -0.3 is 24.4 Å². The molecule has 0 saturated carbocycles. The summed E-state index contributed by atoms with van der Waals surface area (Å²) in [6.07, 6.45) is 2.73. The molecule has 8 heteroatoms. The zero-order chi connectivity index (χ0) is 30.4. The summed E-state index contributed by atoms with van der Waals surface area (Å²) >= 11 is 0. The Morgan fingerprint density at radius 1 is 1.02 bits per heavy atom. The number of likely N-dealkylation sites (N-methyl/N-ethyl adjacent to an activating group) is 1. The van der Waals surface area contributed by atoms with Gasteiger partial charge in [-0.15, -0.1) is 0 Å². The molecule has 0 unspecified atom stereocenters. The number of anilines is 2. The van der Waals surface area contributed by atoms with Crippen LogP contribution >= 0.6 is 0 Å². The predicted octanol–water partition coefficient (Wildman–Crippen LogP) is 6.81. The lowest BCUT2D eigenvalue weighted by Gasteiger charge is -2.33. The molecule has 0 atom stereocenters. The zero-order valence-electron chi connectivity index (χ0n) is 25.6. The number of methoxy groups -OCH3 is 1. The van der Waals surface area contributed by atoms with E-state index in [0.29, 0.717) is 29.6 Å². The highest BCUT2D eigenvalue weighted by molar-refractivity contribution is 5.93. The third-order valence-corrected chi connectivity index (χ3v) is 7.94. The van der Waals surface area contributed by atoms with Gasteiger partial charge in [-0.3, -0.25) is 0 Å². The third kappa shape index (κ3) is 6.97. The van der Waals surface area contributed by atoms with Crippen molar-refractivity contribution in [1.82, 2.24) is 14.9 Å². The largest absolute Gasteiger partial charge is 0.497 e. The van der Waals surface area contributed by atoms with E-state index in [9.17, 15) is 4.79 Å². The van der Waals surface area contributed by atoms with Gasteiger partial charge in [-0.2, -0.15) is 0 Å². The normalized spacial score (nSPS) is 13.2. The topological polar surface area (TPSA) is 85.8 Å². The fourth-order valence-electron chi connectivity index (χ4n) is 5.48. The Balaban J connectivity index is 1.40. The maximum atomic E-state index is 13.1. The van der Waals surface area contributed by atoms with Gasteiger partial charge in [0.2, 0.25) is 5.95 Å². The molecule has 0 bridgehead atoms. The summed E-state index contributed by atoms with van der Waals surface area (Å²) in [5.74, 6) is 1.26. The van der Waals surface area contributed by atoms with Gasteiger partial charge in [-0.1, -0.05) is 64.1 Å². The zero-order valence-corrected chi connectivity index (χ0v) is 25.6. The van der Waals surface area contributed by atoms with Crippen molar-refractivity contribution >= 4 is 17.6 Å². The summed E-state index contributed by atoms with van der Waals surface area (Å²) in [5.41, 5.74) is 6.21. The number of fused-ring (bicyclic) bond motifs is 3. The molecular weight excluding hydrogens is 540 g/mol. The number of carbonyl (C=O) groups excluding carboxylic acids is 1. The first-order valence-electron chi connectivity index (χ1n) is 14.8. The second kappa shape index (κ2) is 13.3. The molecule has 0 amide bonds. The van der Waals surface area contributed by atoms with Gasteiger partial charge in [0.1, 0.15) is 30.3 Å². The molecule has 0 saturated heterocycles. The summed E-state index contributed by atoms with van der Waals surface area (Å²) in [5, 5.41) is 3.32. The summed E-state index contributed by atoms with van der Waals surface area (Å²) in [4.78, 5) is 25.0. The molecule has 0 aliphatic heterocycles. The first-order valence-corrected chi connectivity index (χ1v) is 14.8. The molecule has 1 N–H and O–H groups in total. The van der Waals surface area contributed by atoms with Gasteiger partial charge in [-0.25, -0.2) is 14.8 Å². The Bertz CT molecular complexity index is 1570. The van der Waals surface area contributed by atoms with E-state index >= 15 is 0 Å². The molecular formula is C35H40N4O4. The van der Waals surface area contributed by atoms with Crippen LogP contribution < -0.4 is 14.8 Å². The summed E-state index contributed by atoms with van der Waals surface area (Å²) in [6, 6.07) is 21.2. The minimum absolute atomic E-state index is 0.0464. The maximum Gasteiger partial charge on any atom is 0.342 e. The number of hydrogen-bond acceptors (Lipinski definition) is 8. The fraction of sp³-hybridized carbons (Fsp3) is 0.343. The quantitative estimate of drug-likeness (QED) is 0.183. The number of carbonyl (C=O) groups is 1. The first kappa shape index (κ1) is 30.0. The third-order valence-electron chi connectivity index (χ3n) is 7.94. The van der Waals surface area contributed by atoms with E-state index in [0.717, 1.165) is 54.2 Å². The Morgan fingerprint density at radius 3 is 2.56 bits per heavy atom. The van der Waals surface area contributed by atoms with Crippen LogP contribution in [0.3, 0.4) is 0 Å². The van der Waals surface area contributed by atoms with E-state index in [1.54, 1.807) is 13.2 Å². The van der Waals surface area contributed by atoms with Crippen molar-refractivity contribution < 1.29 is 19.0 Å². The molecule has 1 aliphatic carbocycles. The Labute approximate surface area is 254 Å². The Kier molecular flexibility index (Phi) is 9.26. The lowest BCUT2D eigenvalue weighted by molar-refractivity contribution is 0.0467. The van der Waals surface area contributed by atoms with Crippen molar-refractivity contribution in [2.45, 2.75) is 46.1 Å². The van der Waals surface area contributed by atoms with Crippen LogP contribution in [0, 0.1) is 0 Å². The van der Waals surface area contributed by atoms with E-state index in [-0.39, 0.29) is 12.0 Å². The molecule has 224 valence electrons. The number of rotatable bonds is 12. The molecule has 4 aromatic rings. The number of aromatic nitrogens is 2. The lowest BCUT2D eigenvalue weighted by Crippen LogP contribution is -2.28. The molecule has 1 heterocycles. The van der Waals surface area contributed by atoms with E-state index in [4.69, 9.17) is 19.2 Å². The van der Waals surface area contributed by atoms with Gasteiger partial charge in [0, 0.05) is 30.1 Å². The fourth-order valence-corrected chi connectivity index (χ4v) is 5.48. The smallest absolute Gasteiger partial charge is 0.342 e. The molecule has 3 aromatic carbocycles. The van der Waals surface area contributed by atoms with Gasteiger partial charge in [-0.05, 0) is 65.9 Å². The van der Waals surface area contributed by atoms with Crippen molar-refractivity contribution in [3.8, 4) is 22.8 Å². The second-order valence-electron chi connectivity index (χ2n) is 11.3. The van der Waals surface area contributed by atoms with Crippen LogP contribution in [0.5, 0.6) is 11.5 Å². The van der Waals surface area contributed by atoms with Crippen molar-refractivity contribution in [3.63, 3.8) is 0 Å². The minimum atomic E-state index is -0.438. The predicted molar refractivity (Wildman–Crippen MR) is 169 cm³/mol. The number of nitrogens with zero attached hydrogens (tertiary/aromatic N) is 3. The average molecular weight is 581 g/mol. The monoisotopic (exact) mass is 580 g/mol.